The maximum absolute atomic E-state index is 5.74. The quantitative estimate of drug-likeness (QED) is 0.746. The minimum atomic E-state index is 0.370. The van der Waals surface area contributed by atoms with Gasteiger partial charge in [0.2, 0.25) is 5.88 Å². The first-order valence-corrected chi connectivity index (χ1v) is 5.25. The molecule has 1 aromatic heterocycles. The van der Waals surface area contributed by atoms with E-state index in [2.05, 4.69) is 16.0 Å². The van der Waals surface area contributed by atoms with E-state index in [4.69, 9.17) is 16.3 Å². The van der Waals surface area contributed by atoms with E-state index in [-0.39, 0.29) is 0 Å². The van der Waals surface area contributed by atoms with Gasteiger partial charge in [0, 0.05) is 6.07 Å². The minimum absolute atomic E-state index is 0.370. The minimum Gasteiger partial charge on any atom is -0.439 e. The standard InChI is InChI=1S/C12H11ClN2O/c1-8-3-9(2)5-10(4-8)16-12-6-11(13)14-7-15-12/h3-7H,1-2H3. The molecule has 4 heteroatoms. The SMILES string of the molecule is Cc1cc(C)cc(Oc2cc(Cl)ncn2)c1. The molecular weight excluding hydrogens is 224 g/mol. The van der Waals surface area contributed by atoms with Crippen molar-refractivity contribution >= 4 is 11.6 Å². The molecule has 0 amide bonds. The molecule has 0 bridgehead atoms. The van der Waals surface area contributed by atoms with E-state index in [1.54, 1.807) is 6.07 Å². The molecule has 16 heavy (non-hydrogen) atoms. The highest BCUT2D eigenvalue weighted by atomic mass is 35.5. The molecule has 0 aliphatic carbocycles. The molecule has 0 fully saturated rings. The summed E-state index contributed by atoms with van der Waals surface area (Å²) < 4.78 is 5.59. The van der Waals surface area contributed by atoms with Crippen molar-refractivity contribution in [1.82, 2.24) is 9.97 Å². The van der Waals surface area contributed by atoms with Gasteiger partial charge in [-0.3, -0.25) is 0 Å². The maximum atomic E-state index is 5.74. The third-order valence-corrected chi connectivity index (χ3v) is 2.23. The molecule has 0 saturated carbocycles. The molecule has 0 N–H and O–H groups in total. The fourth-order valence-electron chi connectivity index (χ4n) is 1.49. The monoisotopic (exact) mass is 234 g/mol. The summed E-state index contributed by atoms with van der Waals surface area (Å²) in [4.78, 5) is 7.77. The van der Waals surface area contributed by atoms with Crippen molar-refractivity contribution in [2.75, 3.05) is 0 Å². The van der Waals surface area contributed by atoms with E-state index in [0.29, 0.717) is 11.0 Å². The summed E-state index contributed by atoms with van der Waals surface area (Å²) in [5.41, 5.74) is 2.30. The summed E-state index contributed by atoms with van der Waals surface area (Å²) in [6, 6.07) is 7.56. The van der Waals surface area contributed by atoms with Crippen LogP contribution in [0.15, 0.2) is 30.6 Å². The van der Waals surface area contributed by atoms with Crippen molar-refractivity contribution in [3.63, 3.8) is 0 Å². The zero-order chi connectivity index (χ0) is 11.5. The second-order valence-corrected chi connectivity index (χ2v) is 3.99. The molecule has 0 saturated heterocycles. The molecule has 2 rings (SSSR count). The molecule has 82 valence electrons. The number of hydrogen-bond acceptors (Lipinski definition) is 3. The van der Waals surface area contributed by atoms with Crippen LogP contribution >= 0.6 is 11.6 Å². The number of aromatic nitrogens is 2. The highest BCUT2D eigenvalue weighted by Crippen LogP contribution is 2.22. The lowest BCUT2D eigenvalue weighted by Crippen LogP contribution is -1.90. The Kier molecular flexibility index (Phi) is 3.06. The first kappa shape index (κ1) is 10.9. The van der Waals surface area contributed by atoms with Crippen LogP contribution < -0.4 is 4.74 Å². The van der Waals surface area contributed by atoms with Crippen LogP contribution in [0.1, 0.15) is 11.1 Å². The lowest BCUT2D eigenvalue weighted by atomic mass is 10.1. The molecule has 0 atom stereocenters. The fourth-order valence-corrected chi connectivity index (χ4v) is 1.62. The normalized spacial score (nSPS) is 10.2. The molecule has 0 spiro atoms. The Morgan fingerprint density at radius 1 is 1.00 bits per heavy atom. The van der Waals surface area contributed by atoms with Crippen LogP contribution in [0.25, 0.3) is 0 Å². The molecule has 3 nitrogen and oxygen atoms in total. The average Bonchev–Trinajstić information content (AvgIpc) is 2.15. The third-order valence-electron chi connectivity index (χ3n) is 2.03. The van der Waals surface area contributed by atoms with Crippen LogP contribution in [0, 0.1) is 13.8 Å². The number of hydrogen-bond donors (Lipinski definition) is 0. The number of ether oxygens (including phenoxy) is 1. The topological polar surface area (TPSA) is 35.0 Å². The van der Waals surface area contributed by atoms with Crippen molar-refractivity contribution in [2.24, 2.45) is 0 Å². The average molecular weight is 235 g/mol. The summed E-state index contributed by atoms with van der Waals surface area (Å²) in [7, 11) is 0. The Bertz CT molecular complexity index is 494. The smallest absolute Gasteiger partial charge is 0.223 e. The van der Waals surface area contributed by atoms with Gasteiger partial charge in [0.15, 0.2) is 0 Å². The van der Waals surface area contributed by atoms with Crippen LogP contribution in [0.4, 0.5) is 0 Å². The van der Waals surface area contributed by atoms with Crippen LogP contribution in [0.2, 0.25) is 5.15 Å². The molecule has 0 aliphatic rings. The molecule has 1 heterocycles. The van der Waals surface area contributed by atoms with Gasteiger partial charge in [0.05, 0.1) is 0 Å². The van der Waals surface area contributed by atoms with Crippen LogP contribution in [0.3, 0.4) is 0 Å². The summed E-state index contributed by atoms with van der Waals surface area (Å²) in [5, 5.41) is 0.370. The predicted molar refractivity (Wildman–Crippen MR) is 63.0 cm³/mol. The largest absolute Gasteiger partial charge is 0.439 e. The van der Waals surface area contributed by atoms with E-state index < -0.39 is 0 Å². The predicted octanol–water partition coefficient (Wildman–Crippen LogP) is 3.54. The zero-order valence-corrected chi connectivity index (χ0v) is 9.82. The van der Waals surface area contributed by atoms with E-state index in [0.717, 1.165) is 16.9 Å². The second-order valence-electron chi connectivity index (χ2n) is 3.60. The fraction of sp³-hybridized carbons (Fsp3) is 0.167. The molecule has 0 aliphatic heterocycles. The Hall–Kier alpha value is -1.61. The van der Waals surface area contributed by atoms with Crippen LogP contribution in [0.5, 0.6) is 11.6 Å². The van der Waals surface area contributed by atoms with Crippen LogP contribution in [-0.4, -0.2) is 9.97 Å². The van der Waals surface area contributed by atoms with Gasteiger partial charge in [0.1, 0.15) is 17.2 Å². The summed E-state index contributed by atoms with van der Waals surface area (Å²) in [5.74, 6) is 1.21. The highest BCUT2D eigenvalue weighted by molar-refractivity contribution is 6.29. The summed E-state index contributed by atoms with van der Waals surface area (Å²) in [6.07, 6.45) is 1.38. The lowest BCUT2D eigenvalue weighted by molar-refractivity contribution is 0.461. The van der Waals surface area contributed by atoms with E-state index in [1.165, 1.54) is 6.33 Å². The van der Waals surface area contributed by atoms with Gasteiger partial charge >= 0.3 is 0 Å². The van der Waals surface area contributed by atoms with Crippen molar-refractivity contribution in [1.29, 1.82) is 0 Å². The second kappa shape index (κ2) is 4.49. The van der Waals surface area contributed by atoms with Crippen molar-refractivity contribution in [2.45, 2.75) is 13.8 Å². The van der Waals surface area contributed by atoms with Gasteiger partial charge in [-0.05, 0) is 37.1 Å². The van der Waals surface area contributed by atoms with E-state index >= 15 is 0 Å². The van der Waals surface area contributed by atoms with Gasteiger partial charge in [-0.1, -0.05) is 17.7 Å². The Morgan fingerprint density at radius 2 is 1.69 bits per heavy atom. The van der Waals surface area contributed by atoms with E-state index in [1.807, 2.05) is 26.0 Å². The Labute approximate surface area is 99.1 Å². The Balaban J connectivity index is 2.27. The molecule has 1 aromatic carbocycles. The Morgan fingerprint density at radius 3 is 2.31 bits per heavy atom. The van der Waals surface area contributed by atoms with Crippen molar-refractivity contribution < 1.29 is 4.74 Å². The molecule has 0 unspecified atom stereocenters. The van der Waals surface area contributed by atoms with Crippen molar-refractivity contribution in [3.8, 4) is 11.6 Å². The molecule has 0 radical (unpaired) electrons. The highest BCUT2D eigenvalue weighted by Gasteiger charge is 2.01. The summed E-state index contributed by atoms with van der Waals surface area (Å²) >= 11 is 5.74. The number of rotatable bonds is 2. The first-order valence-electron chi connectivity index (χ1n) is 4.87. The van der Waals surface area contributed by atoms with Crippen molar-refractivity contribution in [3.05, 3.63) is 46.9 Å². The first-order chi connectivity index (χ1) is 7.63. The molecular formula is C12H11ClN2O. The van der Waals surface area contributed by atoms with Gasteiger partial charge < -0.3 is 4.74 Å². The summed E-state index contributed by atoms with van der Waals surface area (Å²) in [6.45, 7) is 4.04. The van der Waals surface area contributed by atoms with Gasteiger partial charge in [0.25, 0.3) is 0 Å². The van der Waals surface area contributed by atoms with E-state index in [9.17, 15) is 0 Å². The lowest BCUT2D eigenvalue weighted by Gasteiger charge is -2.06. The van der Waals surface area contributed by atoms with Gasteiger partial charge in [-0.15, -0.1) is 0 Å². The number of aryl methyl sites for hydroxylation is 2. The van der Waals surface area contributed by atoms with Gasteiger partial charge in [-0.25, -0.2) is 9.97 Å². The molecule has 2 aromatic rings. The maximum Gasteiger partial charge on any atom is 0.223 e. The third kappa shape index (κ3) is 2.70. The zero-order valence-electron chi connectivity index (χ0n) is 9.07. The van der Waals surface area contributed by atoms with Gasteiger partial charge in [-0.2, -0.15) is 0 Å². The van der Waals surface area contributed by atoms with Crippen LogP contribution in [-0.2, 0) is 0 Å². The number of nitrogens with zero attached hydrogens (tertiary/aromatic N) is 2. The number of halogens is 1. The number of benzene rings is 1.